The lowest BCUT2D eigenvalue weighted by Gasteiger charge is -2.20. The van der Waals surface area contributed by atoms with Gasteiger partial charge in [-0.05, 0) is 23.8 Å². The number of rotatable bonds is 3. The highest BCUT2D eigenvalue weighted by Crippen LogP contribution is 2.39. The van der Waals surface area contributed by atoms with Crippen LogP contribution < -0.4 is 4.90 Å². The Bertz CT molecular complexity index is 918. The molecule has 1 aromatic heterocycles. The van der Waals surface area contributed by atoms with Gasteiger partial charge in [0, 0.05) is 13.1 Å². The fraction of sp³-hybridized carbons (Fsp3) is 0.375. The first-order valence-corrected chi connectivity index (χ1v) is 7.79. The Morgan fingerprint density at radius 1 is 1.11 bits per heavy atom. The first-order chi connectivity index (χ1) is 12.9. The molecule has 0 aliphatic carbocycles. The molecule has 1 aliphatic heterocycles. The topological polar surface area (TPSA) is 47.4 Å². The molecule has 2 aromatic rings. The number of methoxy groups -OCH3 is 1. The lowest BCUT2D eigenvalue weighted by atomic mass is 10.1. The van der Waals surface area contributed by atoms with Crippen LogP contribution in [-0.4, -0.2) is 29.4 Å². The lowest BCUT2D eigenvalue weighted by molar-refractivity contribution is -0.142. The molecule has 0 unspecified atom stereocenters. The van der Waals surface area contributed by atoms with E-state index in [1.165, 1.54) is 4.90 Å². The zero-order valence-corrected chi connectivity index (χ0v) is 14.2. The fourth-order valence-corrected chi connectivity index (χ4v) is 3.02. The molecule has 0 bridgehead atoms. The second-order valence-corrected chi connectivity index (χ2v) is 6.03. The summed E-state index contributed by atoms with van der Waals surface area (Å²) in [5, 5.41) is 3.39. The van der Waals surface area contributed by atoms with Crippen LogP contribution in [0.15, 0.2) is 18.2 Å². The molecular weight excluding hydrogens is 399 g/mol. The van der Waals surface area contributed by atoms with E-state index in [2.05, 4.69) is 9.84 Å². The number of fused-ring (bicyclic) bond motifs is 1. The molecule has 0 fully saturated rings. The van der Waals surface area contributed by atoms with Gasteiger partial charge in [0.1, 0.15) is 17.2 Å². The summed E-state index contributed by atoms with van der Waals surface area (Å²) >= 11 is 0. The van der Waals surface area contributed by atoms with E-state index in [-0.39, 0.29) is 31.0 Å². The first kappa shape index (κ1) is 20.0. The van der Waals surface area contributed by atoms with Crippen LogP contribution in [0.4, 0.5) is 36.6 Å². The summed E-state index contributed by atoms with van der Waals surface area (Å²) in [4.78, 5) is 13.2. The summed E-state index contributed by atoms with van der Waals surface area (Å²) < 4.78 is 97.2. The third kappa shape index (κ3) is 3.62. The quantitative estimate of drug-likeness (QED) is 0.569. The van der Waals surface area contributed by atoms with Gasteiger partial charge in [0.25, 0.3) is 0 Å². The molecule has 2 heterocycles. The van der Waals surface area contributed by atoms with E-state index in [0.29, 0.717) is 12.1 Å². The van der Waals surface area contributed by atoms with Crippen LogP contribution in [0.3, 0.4) is 0 Å². The van der Waals surface area contributed by atoms with Crippen LogP contribution >= 0.6 is 0 Å². The van der Waals surface area contributed by atoms with Crippen molar-refractivity contribution in [1.82, 2.24) is 9.78 Å². The molecule has 3 rings (SSSR count). The van der Waals surface area contributed by atoms with Crippen molar-refractivity contribution in [2.24, 2.45) is 0 Å². The lowest BCUT2D eigenvalue weighted by Crippen LogP contribution is -2.24. The van der Waals surface area contributed by atoms with Crippen molar-refractivity contribution in [3.8, 4) is 0 Å². The average molecular weight is 411 g/mol. The highest BCUT2D eigenvalue weighted by molar-refractivity contribution is 5.96. The minimum atomic E-state index is -4.94. The predicted octanol–water partition coefficient (Wildman–Crippen LogP) is 3.87. The van der Waals surface area contributed by atoms with Crippen molar-refractivity contribution in [3.63, 3.8) is 0 Å². The van der Waals surface area contributed by atoms with Crippen molar-refractivity contribution < 1.29 is 40.3 Å². The molecule has 0 amide bonds. The van der Waals surface area contributed by atoms with Crippen LogP contribution in [0.2, 0.25) is 0 Å². The highest BCUT2D eigenvalue weighted by Gasteiger charge is 2.44. The van der Waals surface area contributed by atoms with Crippen LogP contribution in [0.1, 0.15) is 27.2 Å². The summed E-state index contributed by atoms with van der Waals surface area (Å²) in [7, 11) is 0.897. The predicted molar refractivity (Wildman–Crippen MR) is 81.0 cm³/mol. The largest absolute Gasteiger partial charge is 0.465 e. The third-order valence-corrected chi connectivity index (χ3v) is 4.12. The Kier molecular flexibility index (Phi) is 4.76. The Morgan fingerprint density at radius 2 is 1.79 bits per heavy atom. The minimum Gasteiger partial charge on any atom is -0.465 e. The van der Waals surface area contributed by atoms with Gasteiger partial charge in [0.2, 0.25) is 0 Å². The molecule has 0 spiro atoms. The number of hydrogen-bond donors (Lipinski definition) is 0. The molecule has 28 heavy (non-hydrogen) atoms. The van der Waals surface area contributed by atoms with E-state index >= 15 is 0 Å². The van der Waals surface area contributed by atoms with Gasteiger partial charge in [-0.15, -0.1) is 0 Å². The molecule has 0 N–H and O–H groups in total. The van der Waals surface area contributed by atoms with Gasteiger partial charge in [-0.1, -0.05) is 0 Å². The zero-order valence-electron chi connectivity index (χ0n) is 14.2. The van der Waals surface area contributed by atoms with Gasteiger partial charge in [-0.3, -0.25) is 0 Å². The van der Waals surface area contributed by atoms with E-state index in [0.717, 1.165) is 17.9 Å². The molecule has 5 nitrogen and oxygen atoms in total. The number of ether oxygens (including phenoxy) is 1. The SMILES string of the molecule is COC(=O)c1c(C(F)(F)F)nn2c1N(Cc1cc(F)cc(C(F)(F)F)c1)CC2. The monoisotopic (exact) mass is 411 g/mol. The molecule has 0 saturated carbocycles. The number of esters is 1. The van der Waals surface area contributed by atoms with Crippen LogP contribution in [0.5, 0.6) is 0 Å². The number of aromatic nitrogens is 2. The number of halogens is 7. The van der Waals surface area contributed by atoms with Crippen molar-refractivity contribution >= 4 is 11.8 Å². The summed E-state index contributed by atoms with van der Waals surface area (Å²) in [6.07, 6.45) is -9.72. The number of anilines is 1. The Hall–Kier alpha value is -2.79. The van der Waals surface area contributed by atoms with E-state index in [1.807, 2.05) is 0 Å². The van der Waals surface area contributed by atoms with Gasteiger partial charge >= 0.3 is 18.3 Å². The molecule has 0 saturated heterocycles. The van der Waals surface area contributed by atoms with Gasteiger partial charge in [0.05, 0.1) is 19.2 Å². The first-order valence-electron chi connectivity index (χ1n) is 7.79. The highest BCUT2D eigenvalue weighted by atomic mass is 19.4. The average Bonchev–Trinajstić information content (AvgIpc) is 3.12. The molecule has 152 valence electrons. The maximum Gasteiger partial charge on any atom is 0.436 e. The third-order valence-electron chi connectivity index (χ3n) is 4.12. The Labute approximate surface area is 153 Å². The van der Waals surface area contributed by atoms with Crippen LogP contribution in [-0.2, 0) is 30.2 Å². The second-order valence-electron chi connectivity index (χ2n) is 6.03. The van der Waals surface area contributed by atoms with Crippen molar-refractivity contribution in [2.45, 2.75) is 25.4 Å². The number of hydrogen-bond acceptors (Lipinski definition) is 4. The standard InChI is InChI=1S/C16H12F7N3O2/c1-28-14(27)11-12(16(21,22)23)24-26-3-2-25(13(11)26)7-8-4-9(15(18,19)20)6-10(17)5-8/h4-6H,2-3,7H2,1H3. The zero-order chi connectivity index (χ0) is 20.9. The fourth-order valence-electron chi connectivity index (χ4n) is 3.02. The molecule has 0 atom stereocenters. The van der Waals surface area contributed by atoms with E-state index in [1.54, 1.807) is 0 Å². The minimum absolute atomic E-state index is 0.0309. The van der Waals surface area contributed by atoms with Crippen LogP contribution in [0, 0.1) is 5.82 Å². The van der Waals surface area contributed by atoms with E-state index < -0.39 is 41.0 Å². The maximum atomic E-state index is 13.6. The summed E-state index contributed by atoms with van der Waals surface area (Å²) in [6, 6.07) is 1.86. The van der Waals surface area contributed by atoms with Crippen molar-refractivity contribution in [3.05, 3.63) is 46.4 Å². The number of carbonyl (C=O) groups excluding carboxylic acids is 1. The smallest absolute Gasteiger partial charge is 0.436 e. The normalized spacial score (nSPS) is 14.4. The number of nitrogens with zero attached hydrogens (tertiary/aromatic N) is 3. The molecule has 0 radical (unpaired) electrons. The summed E-state index contributed by atoms with van der Waals surface area (Å²) in [5.74, 6) is -2.66. The number of alkyl halides is 6. The Morgan fingerprint density at radius 3 is 2.36 bits per heavy atom. The van der Waals surface area contributed by atoms with Gasteiger partial charge in [0.15, 0.2) is 5.69 Å². The molecule has 1 aromatic carbocycles. The maximum absolute atomic E-state index is 13.6. The van der Waals surface area contributed by atoms with Gasteiger partial charge < -0.3 is 9.64 Å². The van der Waals surface area contributed by atoms with E-state index in [4.69, 9.17) is 0 Å². The summed E-state index contributed by atoms with van der Waals surface area (Å²) in [5.41, 5.74) is -3.63. The van der Waals surface area contributed by atoms with Gasteiger partial charge in [-0.25, -0.2) is 13.9 Å². The van der Waals surface area contributed by atoms with Crippen LogP contribution in [0.25, 0.3) is 0 Å². The molecule has 1 aliphatic rings. The second kappa shape index (κ2) is 6.67. The molecular formula is C16H12F7N3O2. The molecule has 12 heteroatoms. The number of carbonyl (C=O) groups is 1. The van der Waals surface area contributed by atoms with E-state index in [9.17, 15) is 35.5 Å². The van der Waals surface area contributed by atoms with Gasteiger partial charge in [-0.2, -0.15) is 31.4 Å². The number of benzene rings is 1. The van der Waals surface area contributed by atoms with Crippen molar-refractivity contribution in [1.29, 1.82) is 0 Å². The van der Waals surface area contributed by atoms with Crippen molar-refractivity contribution in [2.75, 3.05) is 18.6 Å². The Balaban J connectivity index is 2.03. The summed E-state index contributed by atoms with van der Waals surface area (Å²) in [6.45, 7) is -0.312.